The summed E-state index contributed by atoms with van der Waals surface area (Å²) in [5.41, 5.74) is -0.196. The maximum absolute atomic E-state index is 14.0. The Morgan fingerprint density at radius 3 is 2.17 bits per heavy atom. The van der Waals surface area contributed by atoms with Crippen LogP contribution in [-0.4, -0.2) is 29.8 Å². The van der Waals surface area contributed by atoms with Crippen LogP contribution in [0.1, 0.15) is 39.4 Å². The van der Waals surface area contributed by atoms with E-state index in [-0.39, 0.29) is 5.56 Å². The van der Waals surface area contributed by atoms with Gasteiger partial charge in [-0.2, -0.15) is 0 Å². The van der Waals surface area contributed by atoms with Crippen LogP contribution in [0.4, 0.5) is 8.78 Å². The Balaban J connectivity index is 3.00. The van der Waals surface area contributed by atoms with E-state index in [1.807, 2.05) is 0 Å². The van der Waals surface area contributed by atoms with Crippen LogP contribution in [0.3, 0.4) is 0 Å². The van der Waals surface area contributed by atoms with E-state index in [9.17, 15) is 23.5 Å². The normalized spacial score (nSPS) is 13.7. The van der Waals surface area contributed by atoms with E-state index < -0.39 is 54.2 Å². The maximum atomic E-state index is 14.0. The number of aliphatic hydroxyl groups is 1. The van der Waals surface area contributed by atoms with Crippen molar-refractivity contribution >= 4 is 11.9 Å². The summed E-state index contributed by atoms with van der Waals surface area (Å²) in [6.45, 7) is 5.90. The van der Waals surface area contributed by atoms with Crippen molar-refractivity contribution < 1.29 is 33.0 Å². The fraction of sp³-hybridized carbons (Fsp3) is 0.529. The SMILES string of the molecule is CC(C)C(=O)OCC(O)C(OC(=O)C(C)C)c1ccc(F)cc1F. The highest BCUT2D eigenvalue weighted by atomic mass is 19.1. The first-order chi connectivity index (χ1) is 11.1. The molecule has 0 radical (unpaired) electrons. The lowest BCUT2D eigenvalue weighted by Gasteiger charge is -2.25. The monoisotopic (exact) mass is 344 g/mol. The molecule has 134 valence electrons. The molecule has 0 spiro atoms. The van der Waals surface area contributed by atoms with Crippen molar-refractivity contribution in [1.82, 2.24) is 0 Å². The average molecular weight is 344 g/mol. The predicted molar refractivity (Wildman–Crippen MR) is 81.8 cm³/mol. The summed E-state index contributed by atoms with van der Waals surface area (Å²) in [6, 6.07) is 2.69. The molecule has 0 aliphatic rings. The van der Waals surface area contributed by atoms with Gasteiger partial charge in [0.1, 0.15) is 24.3 Å². The van der Waals surface area contributed by atoms with Gasteiger partial charge in [-0.25, -0.2) is 8.78 Å². The Morgan fingerprint density at radius 2 is 1.67 bits per heavy atom. The van der Waals surface area contributed by atoms with Crippen molar-refractivity contribution in [3.8, 4) is 0 Å². The average Bonchev–Trinajstić information content (AvgIpc) is 2.50. The van der Waals surface area contributed by atoms with E-state index in [0.717, 1.165) is 12.1 Å². The van der Waals surface area contributed by atoms with Gasteiger partial charge in [0.15, 0.2) is 6.10 Å². The third-order valence-corrected chi connectivity index (χ3v) is 3.20. The molecular formula is C17H22F2O5. The predicted octanol–water partition coefficient (Wildman–Crippen LogP) is 2.77. The van der Waals surface area contributed by atoms with Crippen molar-refractivity contribution in [2.75, 3.05) is 6.61 Å². The van der Waals surface area contributed by atoms with Gasteiger partial charge in [0.2, 0.25) is 0 Å². The van der Waals surface area contributed by atoms with Crippen molar-refractivity contribution in [2.24, 2.45) is 11.8 Å². The van der Waals surface area contributed by atoms with Crippen LogP contribution in [0.25, 0.3) is 0 Å². The number of hydrogen-bond acceptors (Lipinski definition) is 5. The zero-order chi connectivity index (χ0) is 18.4. The van der Waals surface area contributed by atoms with Gasteiger partial charge in [-0.1, -0.05) is 27.7 Å². The van der Waals surface area contributed by atoms with Gasteiger partial charge < -0.3 is 14.6 Å². The van der Waals surface area contributed by atoms with Gasteiger partial charge in [0, 0.05) is 11.6 Å². The van der Waals surface area contributed by atoms with Crippen LogP contribution in [-0.2, 0) is 19.1 Å². The lowest BCUT2D eigenvalue weighted by Crippen LogP contribution is -2.31. The summed E-state index contributed by atoms with van der Waals surface area (Å²) in [5, 5.41) is 10.2. The highest BCUT2D eigenvalue weighted by Crippen LogP contribution is 2.26. The molecule has 0 aliphatic carbocycles. The molecule has 1 N–H and O–H groups in total. The fourth-order valence-corrected chi connectivity index (χ4v) is 1.76. The fourth-order valence-electron chi connectivity index (χ4n) is 1.76. The van der Waals surface area contributed by atoms with Crippen molar-refractivity contribution in [3.05, 3.63) is 35.4 Å². The minimum atomic E-state index is -1.49. The summed E-state index contributed by atoms with van der Waals surface area (Å²) in [4.78, 5) is 23.3. The summed E-state index contributed by atoms with van der Waals surface area (Å²) < 4.78 is 37.1. The minimum Gasteiger partial charge on any atom is -0.463 e. The molecule has 1 aromatic carbocycles. The van der Waals surface area contributed by atoms with Gasteiger partial charge in [0.05, 0.1) is 11.8 Å². The van der Waals surface area contributed by atoms with Crippen molar-refractivity contribution in [2.45, 2.75) is 39.9 Å². The molecule has 24 heavy (non-hydrogen) atoms. The standard InChI is InChI=1S/C17H22F2O5/c1-9(2)16(21)23-8-14(20)15(24-17(22)10(3)4)12-6-5-11(18)7-13(12)19/h5-7,9-10,14-15,20H,8H2,1-4H3. The summed E-state index contributed by atoms with van der Waals surface area (Å²) in [5.74, 6) is -3.91. The second kappa shape index (κ2) is 8.73. The van der Waals surface area contributed by atoms with Gasteiger partial charge in [0.25, 0.3) is 0 Å². The zero-order valence-corrected chi connectivity index (χ0v) is 14.1. The molecule has 5 nitrogen and oxygen atoms in total. The Kier molecular flexibility index (Phi) is 7.28. The molecular weight excluding hydrogens is 322 g/mol. The quantitative estimate of drug-likeness (QED) is 0.770. The number of rotatable bonds is 7. The summed E-state index contributed by atoms with van der Waals surface area (Å²) >= 11 is 0. The molecule has 0 fully saturated rings. The van der Waals surface area contributed by atoms with Gasteiger partial charge in [-0.3, -0.25) is 9.59 Å². The number of hydrogen-bond donors (Lipinski definition) is 1. The molecule has 0 bridgehead atoms. The first-order valence-corrected chi connectivity index (χ1v) is 7.63. The third-order valence-electron chi connectivity index (χ3n) is 3.20. The highest BCUT2D eigenvalue weighted by molar-refractivity contribution is 5.72. The second-order valence-electron chi connectivity index (χ2n) is 6.03. The number of ether oxygens (including phenoxy) is 2. The molecule has 1 rings (SSSR count). The second-order valence-corrected chi connectivity index (χ2v) is 6.03. The maximum Gasteiger partial charge on any atom is 0.309 e. The first-order valence-electron chi connectivity index (χ1n) is 7.63. The molecule has 1 aromatic rings. The third kappa shape index (κ3) is 5.56. The smallest absolute Gasteiger partial charge is 0.309 e. The number of aliphatic hydroxyl groups excluding tert-OH is 1. The van der Waals surface area contributed by atoms with E-state index in [4.69, 9.17) is 9.47 Å². The number of carbonyl (C=O) groups excluding carboxylic acids is 2. The van der Waals surface area contributed by atoms with E-state index in [1.54, 1.807) is 27.7 Å². The number of halogens is 2. The van der Waals surface area contributed by atoms with E-state index in [1.165, 1.54) is 0 Å². The molecule has 0 aliphatic heterocycles. The summed E-state index contributed by atoms with van der Waals surface area (Å²) in [7, 11) is 0. The minimum absolute atomic E-state index is 0.196. The largest absolute Gasteiger partial charge is 0.463 e. The molecule has 2 unspecified atom stereocenters. The number of benzene rings is 1. The van der Waals surface area contributed by atoms with Crippen LogP contribution in [0.5, 0.6) is 0 Å². The number of carbonyl (C=O) groups is 2. The lowest BCUT2D eigenvalue weighted by molar-refractivity contribution is -0.165. The Bertz CT molecular complexity index is 586. The van der Waals surface area contributed by atoms with Crippen LogP contribution >= 0.6 is 0 Å². The highest BCUT2D eigenvalue weighted by Gasteiger charge is 2.30. The van der Waals surface area contributed by atoms with Crippen molar-refractivity contribution in [3.63, 3.8) is 0 Å². The van der Waals surface area contributed by atoms with E-state index in [2.05, 4.69) is 0 Å². The molecule has 0 saturated heterocycles. The number of esters is 2. The van der Waals surface area contributed by atoms with Crippen LogP contribution < -0.4 is 0 Å². The Morgan fingerprint density at radius 1 is 1.08 bits per heavy atom. The molecule has 2 atom stereocenters. The van der Waals surface area contributed by atoms with E-state index in [0.29, 0.717) is 6.07 Å². The van der Waals surface area contributed by atoms with E-state index >= 15 is 0 Å². The summed E-state index contributed by atoms with van der Waals surface area (Å²) in [6.07, 6.45) is -2.91. The topological polar surface area (TPSA) is 72.8 Å². The zero-order valence-electron chi connectivity index (χ0n) is 14.1. The van der Waals surface area contributed by atoms with Gasteiger partial charge in [-0.05, 0) is 12.1 Å². The van der Waals surface area contributed by atoms with Crippen LogP contribution in [0.15, 0.2) is 18.2 Å². The Hall–Kier alpha value is -2.02. The van der Waals surface area contributed by atoms with Crippen LogP contribution in [0.2, 0.25) is 0 Å². The molecule has 0 aromatic heterocycles. The molecule has 0 saturated carbocycles. The van der Waals surface area contributed by atoms with Gasteiger partial charge >= 0.3 is 11.9 Å². The van der Waals surface area contributed by atoms with Crippen LogP contribution in [0, 0.1) is 23.5 Å². The van der Waals surface area contributed by atoms with Gasteiger partial charge in [-0.15, -0.1) is 0 Å². The first kappa shape index (κ1) is 20.0. The Labute approximate surface area is 139 Å². The van der Waals surface area contributed by atoms with Crippen molar-refractivity contribution in [1.29, 1.82) is 0 Å². The molecule has 0 amide bonds. The molecule has 7 heteroatoms. The lowest BCUT2D eigenvalue weighted by atomic mass is 10.0. The molecule has 0 heterocycles.